The summed E-state index contributed by atoms with van der Waals surface area (Å²) in [5.74, 6) is -1.48. The monoisotopic (exact) mass is 302 g/mol. The molecule has 2 aromatic rings. The number of aromatic nitrogens is 3. The first-order valence-corrected chi connectivity index (χ1v) is 6.79. The van der Waals surface area contributed by atoms with Gasteiger partial charge in [-0.2, -0.15) is 0 Å². The lowest BCUT2D eigenvalue weighted by atomic mass is 9.87. The van der Waals surface area contributed by atoms with E-state index in [9.17, 15) is 9.59 Å². The molecule has 2 N–H and O–H groups in total. The highest BCUT2D eigenvalue weighted by atomic mass is 16.4. The number of anilines is 1. The quantitative estimate of drug-likeness (QED) is 0.899. The zero-order chi connectivity index (χ0) is 16.3. The predicted molar refractivity (Wildman–Crippen MR) is 80.8 cm³/mol. The minimum Gasteiger partial charge on any atom is -0.476 e. The Morgan fingerprint density at radius 2 is 1.86 bits per heavy atom. The normalized spacial score (nSPS) is 11.2. The topological polar surface area (TPSA) is 97.1 Å². The highest BCUT2D eigenvalue weighted by molar-refractivity contribution is 5.90. The second-order valence-electron chi connectivity index (χ2n) is 5.98. The molecule has 0 aliphatic rings. The van der Waals surface area contributed by atoms with Gasteiger partial charge in [-0.15, -0.1) is 5.10 Å². The van der Waals surface area contributed by atoms with E-state index in [4.69, 9.17) is 5.11 Å². The Balaban J connectivity index is 1.98. The lowest BCUT2D eigenvalue weighted by molar-refractivity contribution is -0.116. The van der Waals surface area contributed by atoms with Crippen LogP contribution in [0.2, 0.25) is 0 Å². The molecular weight excluding hydrogens is 284 g/mol. The summed E-state index contributed by atoms with van der Waals surface area (Å²) >= 11 is 0. The van der Waals surface area contributed by atoms with Crippen LogP contribution in [-0.2, 0) is 16.8 Å². The van der Waals surface area contributed by atoms with E-state index < -0.39 is 5.97 Å². The molecule has 22 heavy (non-hydrogen) atoms. The van der Waals surface area contributed by atoms with Crippen molar-refractivity contribution in [2.24, 2.45) is 0 Å². The van der Waals surface area contributed by atoms with Crippen molar-refractivity contribution in [3.8, 4) is 0 Å². The summed E-state index contributed by atoms with van der Waals surface area (Å²) in [6, 6.07) is 7.60. The molecule has 0 saturated carbocycles. The molecule has 0 radical (unpaired) electrons. The highest BCUT2D eigenvalue weighted by Crippen LogP contribution is 2.23. The van der Waals surface area contributed by atoms with Crippen molar-refractivity contribution in [3.05, 3.63) is 41.7 Å². The molecule has 0 unspecified atom stereocenters. The highest BCUT2D eigenvalue weighted by Gasteiger charge is 2.14. The van der Waals surface area contributed by atoms with Crippen molar-refractivity contribution >= 4 is 17.6 Å². The van der Waals surface area contributed by atoms with Gasteiger partial charge in [0, 0.05) is 5.69 Å². The van der Waals surface area contributed by atoms with Crippen LogP contribution in [0.1, 0.15) is 36.8 Å². The first-order valence-electron chi connectivity index (χ1n) is 6.79. The lowest BCUT2D eigenvalue weighted by Gasteiger charge is -2.19. The van der Waals surface area contributed by atoms with Crippen LogP contribution in [0, 0.1) is 0 Å². The van der Waals surface area contributed by atoms with Gasteiger partial charge in [-0.25, -0.2) is 9.48 Å². The number of carbonyl (C=O) groups excluding carboxylic acids is 1. The largest absolute Gasteiger partial charge is 0.476 e. The van der Waals surface area contributed by atoms with Crippen LogP contribution in [0.5, 0.6) is 0 Å². The fraction of sp³-hybridized carbons (Fsp3) is 0.333. The fourth-order valence-corrected chi connectivity index (χ4v) is 1.87. The van der Waals surface area contributed by atoms with Crippen molar-refractivity contribution in [2.75, 3.05) is 5.32 Å². The number of benzene rings is 1. The Labute approximate surface area is 128 Å². The number of carbonyl (C=O) groups is 2. The van der Waals surface area contributed by atoms with Gasteiger partial charge in [0.15, 0.2) is 5.69 Å². The molecule has 0 atom stereocenters. The van der Waals surface area contributed by atoms with Gasteiger partial charge in [-0.3, -0.25) is 4.79 Å². The molecule has 1 heterocycles. The number of rotatable bonds is 4. The van der Waals surface area contributed by atoms with Gasteiger partial charge in [0.1, 0.15) is 6.54 Å². The number of nitrogens with one attached hydrogen (secondary N) is 1. The minimum atomic E-state index is -1.18. The number of aromatic carboxylic acids is 1. The molecule has 0 saturated heterocycles. The van der Waals surface area contributed by atoms with Crippen molar-refractivity contribution in [1.29, 1.82) is 0 Å². The molecular formula is C15H18N4O3. The third kappa shape index (κ3) is 3.91. The number of hydrogen-bond acceptors (Lipinski definition) is 4. The molecule has 0 spiro atoms. The molecule has 1 aromatic heterocycles. The van der Waals surface area contributed by atoms with Gasteiger partial charge in [-0.05, 0) is 23.1 Å². The second kappa shape index (κ2) is 5.97. The zero-order valence-corrected chi connectivity index (χ0v) is 12.7. The molecule has 116 valence electrons. The lowest BCUT2D eigenvalue weighted by Crippen LogP contribution is -2.19. The summed E-state index contributed by atoms with van der Waals surface area (Å²) in [4.78, 5) is 22.6. The molecule has 0 fully saturated rings. The van der Waals surface area contributed by atoms with Crippen molar-refractivity contribution < 1.29 is 14.7 Å². The summed E-state index contributed by atoms with van der Waals surface area (Å²) < 4.78 is 1.18. The summed E-state index contributed by atoms with van der Waals surface area (Å²) in [5, 5.41) is 18.5. The minimum absolute atomic E-state index is 0.0521. The third-order valence-electron chi connectivity index (χ3n) is 3.10. The van der Waals surface area contributed by atoms with Crippen molar-refractivity contribution in [1.82, 2.24) is 15.0 Å². The molecule has 1 amide bonds. The number of amides is 1. The van der Waals surface area contributed by atoms with Gasteiger partial charge in [-0.1, -0.05) is 38.1 Å². The van der Waals surface area contributed by atoms with E-state index >= 15 is 0 Å². The summed E-state index contributed by atoms with van der Waals surface area (Å²) in [6.07, 6.45) is 1.21. The van der Waals surface area contributed by atoms with Gasteiger partial charge in [0.05, 0.1) is 6.20 Å². The van der Waals surface area contributed by atoms with Crippen LogP contribution >= 0.6 is 0 Å². The molecule has 2 rings (SSSR count). The Kier molecular flexibility index (Phi) is 4.25. The van der Waals surface area contributed by atoms with Gasteiger partial charge in [0.25, 0.3) is 0 Å². The van der Waals surface area contributed by atoms with Crippen LogP contribution in [0.4, 0.5) is 5.69 Å². The Hall–Kier alpha value is -2.70. The van der Waals surface area contributed by atoms with Crippen LogP contribution < -0.4 is 5.32 Å². The number of carboxylic acid groups (broad SMARTS) is 1. The van der Waals surface area contributed by atoms with E-state index in [0.29, 0.717) is 5.69 Å². The van der Waals surface area contributed by atoms with Crippen LogP contribution in [0.25, 0.3) is 0 Å². The molecule has 7 heteroatoms. The molecule has 0 aliphatic carbocycles. The molecule has 0 bridgehead atoms. The van der Waals surface area contributed by atoms with E-state index in [1.54, 1.807) is 0 Å². The SMILES string of the molecule is CC(C)(C)c1ccc(NC(=O)Cn2cc(C(=O)O)nn2)cc1. The maximum absolute atomic E-state index is 11.9. The summed E-state index contributed by atoms with van der Waals surface area (Å²) in [6.45, 7) is 6.25. The van der Waals surface area contributed by atoms with Crippen molar-refractivity contribution in [3.63, 3.8) is 0 Å². The Morgan fingerprint density at radius 3 is 2.36 bits per heavy atom. The summed E-state index contributed by atoms with van der Waals surface area (Å²) in [7, 11) is 0. The Bertz CT molecular complexity index is 684. The van der Waals surface area contributed by atoms with E-state index in [1.165, 1.54) is 16.4 Å². The number of nitrogens with zero attached hydrogens (tertiary/aromatic N) is 3. The molecule has 0 aliphatic heterocycles. The first kappa shape index (κ1) is 15.7. The third-order valence-corrected chi connectivity index (χ3v) is 3.10. The molecule has 7 nitrogen and oxygen atoms in total. The maximum atomic E-state index is 11.9. The molecule has 1 aromatic carbocycles. The average Bonchev–Trinajstić information content (AvgIpc) is 2.86. The fourth-order valence-electron chi connectivity index (χ4n) is 1.87. The smallest absolute Gasteiger partial charge is 0.358 e. The van der Waals surface area contributed by atoms with E-state index in [-0.39, 0.29) is 23.6 Å². The average molecular weight is 302 g/mol. The van der Waals surface area contributed by atoms with Crippen LogP contribution in [0.15, 0.2) is 30.5 Å². The maximum Gasteiger partial charge on any atom is 0.358 e. The van der Waals surface area contributed by atoms with E-state index in [2.05, 4.69) is 36.4 Å². The van der Waals surface area contributed by atoms with E-state index in [0.717, 1.165) is 0 Å². The Morgan fingerprint density at radius 1 is 1.23 bits per heavy atom. The van der Waals surface area contributed by atoms with Gasteiger partial charge in [0.2, 0.25) is 5.91 Å². The number of hydrogen-bond donors (Lipinski definition) is 2. The predicted octanol–water partition coefficient (Wildman–Crippen LogP) is 1.91. The van der Waals surface area contributed by atoms with Gasteiger partial charge >= 0.3 is 5.97 Å². The standard InChI is InChI=1S/C15H18N4O3/c1-15(2,3)10-4-6-11(7-5-10)16-13(20)9-19-8-12(14(21)22)17-18-19/h4-8H,9H2,1-3H3,(H,16,20)(H,21,22). The summed E-state index contributed by atoms with van der Waals surface area (Å²) in [5.41, 5.74) is 1.71. The van der Waals surface area contributed by atoms with Crippen molar-refractivity contribution in [2.45, 2.75) is 32.7 Å². The first-order chi connectivity index (χ1) is 10.3. The second-order valence-corrected chi connectivity index (χ2v) is 5.98. The zero-order valence-electron chi connectivity index (χ0n) is 12.7. The van der Waals surface area contributed by atoms with Crippen LogP contribution in [0.3, 0.4) is 0 Å². The van der Waals surface area contributed by atoms with Gasteiger partial charge < -0.3 is 10.4 Å². The van der Waals surface area contributed by atoms with E-state index in [1.807, 2.05) is 24.3 Å². The van der Waals surface area contributed by atoms with Crippen LogP contribution in [-0.4, -0.2) is 32.0 Å². The number of carboxylic acids is 1.